The SMILES string of the molecule is COc1cccc(Cc2ccc(C)cc2N)c1. The first-order valence-corrected chi connectivity index (χ1v) is 5.67. The summed E-state index contributed by atoms with van der Waals surface area (Å²) < 4.78 is 5.21. The lowest BCUT2D eigenvalue weighted by Crippen LogP contribution is -1.96. The van der Waals surface area contributed by atoms with Gasteiger partial charge in [-0.05, 0) is 48.2 Å². The first kappa shape index (κ1) is 11.5. The maximum Gasteiger partial charge on any atom is 0.119 e. The van der Waals surface area contributed by atoms with Crippen molar-refractivity contribution < 1.29 is 4.74 Å². The molecule has 0 unspecified atom stereocenters. The van der Waals surface area contributed by atoms with Gasteiger partial charge in [0, 0.05) is 5.69 Å². The summed E-state index contributed by atoms with van der Waals surface area (Å²) in [4.78, 5) is 0. The molecule has 0 aliphatic heterocycles. The number of benzene rings is 2. The summed E-state index contributed by atoms with van der Waals surface area (Å²) in [6, 6.07) is 14.3. The van der Waals surface area contributed by atoms with Crippen molar-refractivity contribution in [1.82, 2.24) is 0 Å². The molecule has 2 aromatic carbocycles. The van der Waals surface area contributed by atoms with Crippen molar-refractivity contribution >= 4 is 5.69 Å². The largest absolute Gasteiger partial charge is 0.497 e. The molecule has 0 heterocycles. The van der Waals surface area contributed by atoms with Crippen LogP contribution in [0.5, 0.6) is 5.75 Å². The van der Waals surface area contributed by atoms with E-state index in [2.05, 4.69) is 18.2 Å². The van der Waals surface area contributed by atoms with Gasteiger partial charge in [0.25, 0.3) is 0 Å². The minimum absolute atomic E-state index is 0.837. The Morgan fingerprint density at radius 3 is 2.65 bits per heavy atom. The van der Waals surface area contributed by atoms with Crippen LogP contribution in [-0.4, -0.2) is 7.11 Å². The van der Waals surface area contributed by atoms with E-state index in [0.29, 0.717) is 0 Å². The molecule has 88 valence electrons. The molecule has 0 fully saturated rings. The van der Waals surface area contributed by atoms with Gasteiger partial charge in [-0.1, -0.05) is 24.3 Å². The van der Waals surface area contributed by atoms with Gasteiger partial charge < -0.3 is 10.5 Å². The van der Waals surface area contributed by atoms with Gasteiger partial charge in [-0.25, -0.2) is 0 Å². The van der Waals surface area contributed by atoms with Gasteiger partial charge in [-0.15, -0.1) is 0 Å². The smallest absolute Gasteiger partial charge is 0.119 e. The fourth-order valence-electron chi connectivity index (χ4n) is 1.88. The highest BCUT2D eigenvalue weighted by molar-refractivity contribution is 5.51. The number of anilines is 1. The van der Waals surface area contributed by atoms with Gasteiger partial charge in [0.05, 0.1) is 7.11 Å². The average Bonchev–Trinajstić information content (AvgIpc) is 2.33. The summed E-state index contributed by atoms with van der Waals surface area (Å²) in [6.45, 7) is 2.05. The molecule has 0 spiro atoms. The first-order chi connectivity index (χ1) is 8.19. The average molecular weight is 227 g/mol. The Balaban J connectivity index is 2.25. The quantitative estimate of drug-likeness (QED) is 0.817. The van der Waals surface area contributed by atoms with Crippen LogP contribution in [0.3, 0.4) is 0 Å². The Bertz CT molecular complexity index is 520. The number of nitrogen functional groups attached to an aromatic ring is 1. The standard InChI is InChI=1S/C15H17NO/c1-11-6-7-13(15(16)8-11)9-12-4-3-5-14(10-12)17-2/h3-8,10H,9,16H2,1-2H3. The Kier molecular flexibility index (Phi) is 3.33. The second-order valence-electron chi connectivity index (χ2n) is 4.23. The van der Waals surface area contributed by atoms with Crippen molar-refractivity contribution in [3.05, 3.63) is 59.2 Å². The zero-order chi connectivity index (χ0) is 12.3. The molecular weight excluding hydrogens is 210 g/mol. The van der Waals surface area contributed by atoms with Crippen LogP contribution in [-0.2, 0) is 6.42 Å². The lowest BCUT2D eigenvalue weighted by atomic mass is 10.0. The van der Waals surface area contributed by atoms with Crippen LogP contribution >= 0.6 is 0 Å². The highest BCUT2D eigenvalue weighted by Crippen LogP contribution is 2.20. The molecule has 0 aliphatic rings. The molecule has 0 bridgehead atoms. The number of methoxy groups -OCH3 is 1. The van der Waals surface area contributed by atoms with E-state index < -0.39 is 0 Å². The minimum Gasteiger partial charge on any atom is -0.497 e. The second-order valence-corrected chi connectivity index (χ2v) is 4.23. The van der Waals surface area contributed by atoms with E-state index in [1.54, 1.807) is 7.11 Å². The molecule has 2 nitrogen and oxygen atoms in total. The number of ether oxygens (including phenoxy) is 1. The van der Waals surface area contributed by atoms with Gasteiger partial charge in [-0.2, -0.15) is 0 Å². The summed E-state index contributed by atoms with van der Waals surface area (Å²) in [5.41, 5.74) is 10.4. The Morgan fingerprint density at radius 1 is 1.12 bits per heavy atom. The van der Waals surface area contributed by atoms with Crippen molar-refractivity contribution in [2.75, 3.05) is 12.8 Å². The van der Waals surface area contributed by atoms with Gasteiger partial charge in [0.1, 0.15) is 5.75 Å². The molecule has 0 aliphatic carbocycles. The summed E-state index contributed by atoms with van der Waals surface area (Å²) in [5, 5.41) is 0. The highest BCUT2D eigenvalue weighted by Gasteiger charge is 2.02. The highest BCUT2D eigenvalue weighted by atomic mass is 16.5. The fourth-order valence-corrected chi connectivity index (χ4v) is 1.88. The molecule has 0 saturated carbocycles. The minimum atomic E-state index is 0.837. The summed E-state index contributed by atoms with van der Waals surface area (Å²) in [6.07, 6.45) is 0.837. The summed E-state index contributed by atoms with van der Waals surface area (Å²) >= 11 is 0. The van der Waals surface area contributed by atoms with Gasteiger partial charge in [-0.3, -0.25) is 0 Å². The lowest BCUT2D eigenvalue weighted by molar-refractivity contribution is 0.414. The molecule has 0 atom stereocenters. The van der Waals surface area contributed by atoms with E-state index in [1.165, 1.54) is 11.1 Å². The molecule has 2 aromatic rings. The van der Waals surface area contributed by atoms with E-state index in [1.807, 2.05) is 31.2 Å². The Hall–Kier alpha value is -1.96. The predicted octanol–water partition coefficient (Wildman–Crippen LogP) is 3.18. The van der Waals surface area contributed by atoms with Gasteiger partial charge in [0.2, 0.25) is 0 Å². The van der Waals surface area contributed by atoms with Crippen molar-refractivity contribution in [1.29, 1.82) is 0 Å². The topological polar surface area (TPSA) is 35.2 Å². The van der Waals surface area contributed by atoms with Gasteiger partial charge in [0.15, 0.2) is 0 Å². The third-order valence-corrected chi connectivity index (χ3v) is 2.83. The molecular formula is C15H17NO. The lowest BCUT2D eigenvalue weighted by Gasteiger charge is -2.08. The molecule has 0 aromatic heterocycles. The number of aryl methyl sites for hydroxylation is 1. The maximum absolute atomic E-state index is 6.01. The van der Waals surface area contributed by atoms with Crippen LogP contribution in [0.25, 0.3) is 0 Å². The third-order valence-electron chi connectivity index (χ3n) is 2.83. The van der Waals surface area contributed by atoms with E-state index >= 15 is 0 Å². The molecule has 0 radical (unpaired) electrons. The summed E-state index contributed by atoms with van der Waals surface area (Å²) in [7, 11) is 1.68. The van der Waals surface area contributed by atoms with Gasteiger partial charge >= 0.3 is 0 Å². The molecule has 2 N–H and O–H groups in total. The van der Waals surface area contributed by atoms with E-state index in [-0.39, 0.29) is 0 Å². The molecule has 2 rings (SSSR count). The van der Waals surface area contributed by atoms with E-state index in [0.717, 1.165) is 23.4 Å². The summed E-state index contributed by atoms with van der Waals surface area (Å²) in [5.74, 6) is 0.883. The normalized spacial score (nSPS) is 10.2. The zero-order valence-corrected chi connectivity index (χ0v) is 10.2. The monoisotopic (exact) mass is 227 g/mol. The van der Waals surface area contributed by atoms with E-state index in [4.69, 9.17) is 10.5 Å². The first-order valence-electron chi connectivity index (χ1n) is 5.67. The molecule has 0 amide bonds. The molecule has 2 heteroatoms. The van der Waals surface area contributed by atoms with Crippen molar-refractivity contribution in [2.45, 2.75) is 13.3 Å². The predicted molar refractivity (Wildman–Crippen MR) is 71.4 cm³/mol. The number of hydrogen-bond acceptors (Lipinski definition) is 2. The van der Waals surface area contributed by atoms with Crippen molar-refractivity contribution in [2.24, 2.45) is 0 Å². The number of hydrogen-bond donors (Lipinski definition) is 1. The maximum atomic E-state index is 6.01. The van der Waals surface area contributed by atoms with Crippen LogP contribution < -0.4 is 10.5 Å². The third kappa shape index (κ3) is 2.78. The van der Waals surface area contributed by atoms with Crippen LogP contribution in [0.1, 0.15) is 16.7 Å². The second kappa shape index (κ2) is 4.91. The van der Waals surface area contributed by atoms with Crippen LogP contribution in [0, 0.1) is 6.92 Å². The van der Waals surface area contributed by atoms with Crippen LogP contribution in [0.15, 0.2) is 42.5 Å². The number of rotatable bonds is 3. The zero-order valence-electron chi connectivity index (χ0n) is 10.2. The molecule has 17 heavy (non-hydrogen) atoms. The van der Waals surface area contributed by atoms with E-state index in [9.17, 15) is 0 Å². The van der Waals surface area contributed by atoms with Crippen molar-refractivity contribution in [3.63, 3.8) is 0 Å². The number of nitrogens with two attached hydrogens (primary N) is 1. The van der Waals surface area contributed by atoms with Crippen molar-refractivity contribution in [3.8, 4) is 5.75 Å². The fraction of sp³-hybridized carbons (Fsp3) is 0.200. The van der Waals surface area contributed by atoms with Crippen LogP contribution in [0.4, 0.5) is 5.69 Å². The molecule has 0 saturated heterocycles. The van der Waals surface area contributed by atoms with Crippen LogP contribution in [0.2, 0.25) is 0 Å². The Morgan fingerprint density at radius 2 is 1.94 bits per heavy atom. The Labute approximate surface area is 102 Å².